The number of carbonyl (C=O) groups is 1. The minimum absolute atomic E-state index is 0.0793. The number of carboxylic acids is 1. The first kappa shape index (κ1) is 10.7. The lowest BCUT2D eigenvalue weighted by molar-refractivity contribution is -0.139. The molecule has 82 valence electrons. The minimum Gasteiger partial charge on any atom is -0.481 e. The Balaban J connectivity index is 2.35. The molecule has 0 amide bonds. The maximum Gasteiger partial charge on any atom is 0.307 e. The fraction of sp³-hybridized carbons (Fsp3) is 0.583. The summed E-state index contributed by atoms with van der Waals surface area (Å²) in [5.74, 6) is -0.654. The molecule has 1 aliphatic carbocycles. The van der Waals surface area contributed by atoms with E-state index in [0.717, 1.165) is 0 Å². The van der Waals surface area contributed by atoms with Crippen molar-refractivity contribution in [2.24, 2.45) is 11.3 Å². The number of rotatable bonds is 2. The molecule has 1 fully saturated rings. The highest BCUT2D eigenvalue weighted by Crippen LogP contribution is 2.65. The zero-order chi connectivity index (χ0) is 11.4. The Morgan fingerprint density at radius 1 is 1.47 bits per heavy atom. The van der Waals surface area contributed by atoms with Crippen molar-refractivity contribution in [2.45, 2.75) is 33.6 Å². The molecule has 0 spiro atoms. The first-order valence-corrected chi connectivity index (χ1v) is 5.97. The van der Waals surface area contributed by atoms with Crippen LogP contribution < -0.4 is 0 Å². The molecule has 3 heteroatoms. The Morgan fingerprint density at radius 2 is 2.07 bits per heavy atom. The van der Waals surface area contributed by atoms with Crippen molar-refractivity contribution >= 4 is 17.3 Å². The quantitative estimate of drug-likeness (QED) is 0.837. The molecular weight excluding hydrogens is 208 g/mol. The van der Waals surface area contributed by atoms with Gasteiger partial charge in [0.25, 0.3) is 0 Å². The van der Waals surface area contributed by atoms with Crippen LogP contribution in [0.5, 0.6) is 0 Å². The van der Waals surface area contributed by atoms with Crippen LogP contribution in [0.2, 0.25) is 0 Å². The number of carboxylic acid groups (broad SMARTS) is 1. The molecule has 0 radical (unpaired) electrons. The molecule has 1 N–H and O–H groups in total. The van der Waals surface area contributed by atoms with Crippen molar-refractivity contribution in [1.29, 1.82) is 0 Å². The summed E-state index contributed by atoms with van der Waals surface area (Å²) in [5, 5.41) is 9.12. The van der Waals surface area contributed by atoms with Gasteiger partial charge in [-0.15, -0.1) is 11.3 Å². The third-order valence-corrected chi connectivity index (χ3v) is 4.49. The van der Waals surface area contributed by atoms with E-state index in [9.17, 15) is 4.79 Å². The smallest absolute Gasteiger partial charge is 0.307 e. The van der Waals surface area contributed by atoms with Gasteiger partial charge < -0.3 is 5.11 Å². The Hall–Kier alpha value is -0.830. The van der Waals surface area contributed by atoms with Crippen LogP contribution >= 0.6 is 11.3 Å². The van der Waals surface area contributed by atoms with E-state index in [-0.39, 0.29) is 17.3 Å². The number of aliphatic carboxylic acids is 1. The standard InChI is InChI=1S/C12H16O2S/c1-6-5-8(7(2)15-6)9-10(11(13)14)12(9,3)4/h5,9-10H,1-4H3,(H,13,14)/t9-,10+/m1/s1. The van der Waals surface area contributed by atoms with Crippen LogP contribution in [-0.4, -0.2) is 11.1 Å². The van der Waals surface area contributed by atoms with Gasteiger partial charge in [-0.25, -0.2) is 0 Å². The van der Waals surface area contributed by atoms with E-state index in [1.807, 2.05) is 13.8 Å². The molecule has 1 heterocycles. The SMILES string of the molecule is Cc1cc([C@@H]2[C@@H](C(=O)O)C2(C)C)c(C)s1. The summed E-state index contributed by atoms with van der Waals surface area (Å²) in [6, 6.07) is 2.15. The normalized spacial score (nSPS) is 27.7. The summed E-state index contributed by atoms with van der Waals surface area (Å²) < 4.78 is 0. The average Bonchev–Trinajstić information content (AvgIpc) is 2.48. The molecule has 1 saturated carbocycles. The van der Waals surface area contributed by atoms with Gasteiger partial charge in [-0.2, -0.15) is 0 Å². The number of thiophene rings is 1. The summed E-state index contributed by atoms with van der Waals surface area (Å²) in [4.78, 5) is 13.6. The van der Waals surface area contributed by atoms with Crippen LogP contribution in [0.3, 0.4) is 0 Å². The molecule has 1 aromatic heterocycles. The summed E-state index contributed by atoms with van der Waals surface area (Å²) >= 11 is 1.76. The summed E-state index contributed by atoms with van der Waals surface area (Å²) in [6.45, 7) is 8.25. The van der Waals surface area contributed by atoms with Crippen LogP contribution in [0.15, 0.2) is 6.07 Å². The van der Waals surface area contributed by atoms with Gasteiger partial charge in [-0.1, -0.05) is 13.8 Å². The molecule has 2 rings (SSSR count). The maximum atomic E-state index is 11.1. The zero-order valence-corrected chi connectivity index (χ0v) is 10.3. The van der Waals surface area contributed by atoms with Gasteiger partial charge in [0.05, 0.1) is 5.92 Å². The van der Waals surface area contributed by atoms with Gasteiger partial charge in [0.15, 0.2) is 0 Å². The van der Waals surface area contributed by atoms with Crippen LogP contribution in [0.25, 0.3) is 0 Å². The molecule has 2 nitrogen and oxygen atoms in total. The fourth-order valence-corrected chi connectivity index (χ4v) is 3.61. The van der Waals surface area contributed by atoms with Gasteiger partial charge in [-0.3, -0.25) is 4.79 Å². The number of aryl methyl sites for hydroxylation is 2. The third-order valence-electron chi connectivity index (χ3n) is 3.51. The summed E-state index contributed by atoms with van der Waals surface area (Å²) in [6.07, 6.45) is 0. The molecule has 0 aliphatic heterocycles. The highest BCUT2D eigenvalue weighted by molar-refractivity contribution is 7.12. The van der Waals surface area contributed by atoms with E-state index >= 15 is 0 Å². The number of hydrogen-bond acceptors (Lipinski definition) is 2. The highest BCUT2D eigenvalue weighted by atomic mass is 32.1. The average molecular weight is 224 g/mol. The third kappa shape index (κ3) is 1.49. The largest absolute Gasteiger partial charge is 0.481 e. The number of hydrogen-bond donors (Lipinski definition) is 1. The fourth-order valence-electron chi connectivity index (χ4n) is 2.64. The van der Waals surface area contributed by atoms with Gasteiger partial charge in [0.1, 0.15) is 0 Å². The lowest BCUT2D eigenvalue weighted by Gasteiger charge is -2.00. The predicted molar refractivity (Wildman–Crippen MR) is 61.4 cm³/mol. The van der Waals surface area contributed by atoms with Crippen LogP contribution in [0.4, 0.5) is 0 Å². The van der Waals surface area contributed by atoms with E-state index in [4.69, 9.17) is 5.11 Å². The van der Waals surface area contributed by atoms with E-state index in [2.05, 4.69) is 19.9 Å². The summed E-state index contributed by atoms with van der Waals surface area (Å²) in [7, 11) is 0. The lowest BCUT2D eigenvalue weighted by Crippen LogP contribution is -2.03. The topological polar surface area (TPSA) is 37.3 Å². The zero-order valence-electron chi connectivity index (χ0n) is 9.50. The van der Waals surface area contributed by atoms with Crippen molar-refractivity contribution in [1.82, 2.24) is 0 Å². The van der Waals surface area contributed by atoms with E-state index < -0.39 is 5.97 Å². The first-order valence-electron chi connectivity index (χ1n) is 5.15. The van der Waals surface area contributed by atoms with Crippen LogP contribution in [-0.2, 0) is 4.79 Å². The summed E-state index contributed by atoms with van der Waals surface area (Å²) in [5.41, 5.74) is 1.17. The molecule has 0 bridgehead atoms. The highest BCUT2D eigenvalue weighted by Gasteiger charge is 2.63. The molecule has 0 saturated heterocycles. The van der Waals surface area contributed by atoms with Gasteiger partial charge >= 0.3 is 5.97 Å². The minimum atomic E-state index is -0.659. The molecule has 0 unspecified atom stereocenters. The Bertz CT molecular complexity index is 417. The van der Waals surface area contributed by atoms with Crippen molar-refractivity contribution in [2.75, 3.05) is 0 Å². The second kappa shape index (κ2) is 3.08. The molecule has 1 aliphatic rings. The molecule has 15 heavy (non-hydrogen) atoms. The van der Waals surface area contributed by atoms with Crippen molar-refractivity contribution in [3.63, 3.8) is 0 Å². The monoisotopic (exact) mass is 224 g/mol. The van der Waals surface area contributed by atoms with Gasteiger partial charge in [-0.05, 0) is 30.9 Å². The van der Waals surface area contributed by atoms with Gasteiger partial charge in [0.2, 0.25) is 0 Å². The van der Waals surface area contributed by atoms with Gasteiger partial charge in [0, 0.05) is 15.7 Å². The van der Waals surface area contributed by atoms with E-state index in [0.29, 0.717) is 0 Å². The lowest BCUT2D eigenvalue weighted by atomic mass is 10.0. The molecular formula is C12H16O2S. The van der Waals surface area contributed by atoms with Crippen LogP contribution in [0.1, 0.15) is 35.1 Å². The Morgan fingerprint density at radius 3 is 2.40 bits per heavy atom. The van der Waals surface area contributed by atoms with Crippen LogP contribution in [0, 0.1) is 25.2 Å². The first-order chi connectivity index (χ1) is 6.85. The molecule has 1 aromatic rings. The van der Waals surface area contributed by atoms with Crippen molar-refractivity contribution < 1.29 is 9.90 Å². The Kier molecular flexibility index (Phi) is 2.19. The van der Waals surface area contributed by atoms with E-state index in [1.54, 1.807) is 11.3 Å². The predicted octanol–water partition coefficient (Wildman–Crippen LogP) is 3.19. The molecule has 2 atom stereocenters. The Labute approximate surface area is 93.9 Å². The van der Waals surface area contributed by atoms with Crippen molar-refractivity contribution in [3.8, 4) is 0 Å². The van der Waals surface area contributed by atoms with E-state index in [1.165, 1.54) is 15.3 Å². The molecule has 0 aromatic carbocycles. The maximum absolute atomic E-state index is 11.1. The second-order valence-corrected chi connectivity index (χ2v) is 6.44. The van der Waals surface area contributed by atoms with Crippen molar-refractivity contribution in [3.05, 3.63) is 21.4 Å². The second-order valence-electron chi connectivity index (χ2n) is 4.98.